The van der Waals surface area contributed by atoms with Gasteiger partial charge in [-0.1, -0.05) is 31.2 Å². The number of carbonyl (C=O) groups excluding carboxylic acids is 1. The smallest absolute Gasteiger partial charge is 0.335 e. The molecule has 1 aliphatic rings. The molecule has 1 fully saturated rings. The number of carboxylic acids is 1. The molecule has 1 aliphatic heterocycles. The van der Waals surface area contributed by atoms with Crippen molar-refractivity contribution in [2.24, 2.45) is 4.99 Å². The van der Waals surface area contributed by atoms with Gasteiger partial charge < -0.3 is 9.84 Å². The van der Waals surface area contributed by atoms with Gasteiger partial charge in [-0.3, -0.25) is 9.69 Å². The molecular formula is C23H22N2O4S. The maximum Gasteiger partial charge on any atom is 0.335 e. The maximum atomic E-state index is 12.9. The molecule has 1 heterocycles. The van der Waals surface area contributed by atoms with Gasteiger partial charge in [0.2, 0.25) is 0 Å². The molecule has 3 rings (SSSR count). The number of carbonyl (C=O) groups is 2. The molecule has 30 heavy (non-hydrogen) atoms. The van der Waals surface area contributed by atoms with Crippen LogP contribution in [0.5, 0.6) is 5.75 Å². The maximum absolute atomic E-state index is 12.9. The second-order valence-electron chi connectivity index (χ2n) is 6.48. The highest BCUT2D eigenvalue weighted by Gasteiger charge is 2.32. The quantitative estimate of drug-likeness (QED) is 0.480. The molecule has 2 aromatic carbocycles. The lowest BCUT2D eigenvalue weighted by Gasteiger charge is -2.12. The van der Waals surface area contributed by atoms with Crippen molar-refractivity contribution in [3.63, 3.8) is 0 Å². The number of carboxylic acid groups (broad SMARTS) is 1. The van der Waals surface area contributed by atoms with Crippen LogP contribution in [0.4, 0.5) is 5.69 Å². The number of aliphatic imine (C=N–C) groups is 1. The third-order valence-corrected chi connectivity index (χ3v) is 5.17. The van der Waals surface area contributed by atoms with Crippen LogP contribution in [0.2, 0.25) is 0 Å². The Bertz CT molecular complexity index is 1010. The summed E-state index contributed by atoms with van der Waals surface area (Å²) in [7, 11) is 0. The van der Waals surface area contributed by atoms with Crippen molar-refractivity contribution in [2.75, 3.05) is 13.2 Å². The molecular weight excluding hydrogens is 400 g/mol. The third kappa shape index (κ3) is 5.18. The second kappa shape index (κ2) is 9.93. The van der Waals surface area contributed by atoms with Gasteiger partial charge in [0.05, 0.1) is 22.8 Å². The van der Waals surface area contributed by atoms with Crippen LogP contribution in [-0.2, 0) is 4.79 Å². The lowest BCUT2D eigenvalue weighted by Crippen LogP contribution is -2.29. The Balaban J connectivity index is 1.87. The minimum atomic E-state index is -1.03. The van der Waals surface area contributed by atoms with E-state index in [1.54, 1.807) is 18.2 Å². The molecule has 0 saturated carbocycles. The van der Waals surface area contributed by atoms with E-state index in [4.69, 9.17) is 4.74 Å². The number of rotatable bonds is 8. The predicted octanol–water partition coefficient (Wildman–Crippen LogP) is 4.96. The van der Waals surface area contributed by atoms with E-state index in [1.807, 2.05) is 37.3 Å². The minimum absolute atomic E-state index is 0.141. The second-order valence-corrected chi connectivity index (χ2v) is 7.49. The summed E-state index contributed by atoms with van der Waals surface area (Å²) in [5.41, 5.74) is 1.49. The summed E-state index contributed by atoms with van der Waals surface area (Å²) in [5, 5.41) is 9.66. The van der Waals surface area contributed by atoms with Crippen LogP contribution in [0.25, 0.3) is 6.08 Å². The molecule has 154 valence electrons. The van der Waals surface area contributed by atoms with E-state index in [1.165, 1.54) is 28.8 Å². The van der Waals surface area contributed by atoms with E-state index in [2.05, 4.69) is 11.6 Å². The number of thioether (sulfide) groups is 1. The number of amidine groups is 1. The zero-order chi connectivity index (χ0) is 21.5. The Kier molecular flexibility index (Phi) is 7.08. The van der Waals surface area contributed by atoms with E-state index in [0.29, 0.717) is 28.9 Å². The van der Waals surface area contributed by atoms with Gasteiger partial charge in [0.1, 0.15) is 5.75 Å². The van der Waals surface area contributed by atoms with Crippen molar-refractivity contribution in [3.05, 3.63) is 77.2 Å². The number of nitrogens with zero attached hydrogens (tertiary/aromatic N) is 2. The number of hydrogen-bond donors (Lipinski definition) is 1. The van der Waals surface area contributed by atoms with Gasteiger partial charge in [-0.25, -0.2) is 9.79 Å². The molecule has 1 N–H and O–H groups in total. The first kappa shape index (κ1) is 21.4. The highest BCUT2D eigenvalue weighted by atomic mass is 32.2. The average Bonchev–Trinajstić information content (AvgIpc) is 3.02. The summed E-state index contributed by atoms with van der Waals surface area (Å²) >= 11 is 1.25. The van der Waals surface area contributed by atoms with E-state index in [0.717, 1.165) is 17.7 Å². The van der Waals surface area contributed by atoms with Crippen molar-refractivity contribution in [1.82, 2.24) is 4.90 Å². The minimum Gasteiger partial charge on any atom is -0.494 e. The Hall–Kier alpha value is -3.32. The van der Waals surface area contributed by atoms with E-state index in [-0.39, 0.29) is 11.5 Å². The van der Waals surface area contributed by atoms with E-state index in [9.17, 15) is 14.7 Å². The van der Waals surface area contributed by atoms with Gasteiger partial charge in [0.15, 0.2) is 5.17 Å². The number of aromatic carboxylic acids is 1. The molecule has 6 nitrogen and oxygen atoms in total. The zero-order valence-corrected chi connectivity index (χ0v) is 17.4. The van der Waals surface area contributed by atoms with Gasteiger partial charge in [0.25, 0.3) is 5.91 Å². The van der Waals surface area contributed by atoms with Crippen molar-refractivity contribution in [1.29, 1.82) is 0 Å². The van der Waals surface area contributed by atoms with Gasteiger partial charge in [-0.2, -0.15) is 0 Å². The molecule has 0 aliphatic carbocycles. The van der Waals surface area contributed by atoms with Crippen LogP contribution < -0.4 is 4.74 Å². The fourth-order valence-corrected chi connectivity index (χ4v) is 3.74. The summed E-state index contributed by atoms with van der Waals surface area (Å²) in [4.78, 5) is 30.6. The standard InChI is InChI=1S/C23H22N2O4S/c1-3-12-25-21(26)20(14-16-8-10-19(11-9-16)29-13-4-2)30-23(25)24-18-7-5-6-17(15-18)22(27)28/h3,5-11,14-15H,1,4,12-13H2,2H3,(H,27,28)/b20-14-,24-23?. The summed E-state index contributed by atoms with van der Waals surface area (Å²) < 4.78 is 5.59. The van der Waals surface area contributed by atoms with Crippen LogP contribution >= 0.6 is 11.8 Å². The summed E-state index contributed by atoms with van der Waals surface area (Å²) in [6.07, 6.45) is 4.38. The lowest BCUT2D eigenvalue weighted by atomic mass is 10.2. The first-order valence-corrected chi connectivity index (χ1v) is 10.3. The monoisotopic (exact) mass is 422 g/mol. The van der Waals surface area contributed by atoms with Crippen LogP contribution in [0.1, 0.15) is 29.3 Å². The van der Waals surface area contributed by atoms with Gasteiger partial charge in [0, 0.05) is 6.54 Å². The summed E-state index contributed by atoms with van der Waals surface area (Å²) in [6, 6.07) is 13.8. The Morgan fingerprint density at radius 1 is 1.27 bits per heavy atom. The van der Waals surface area contributed by atoms with Gasteiger partial charge in [-0.15, -0.1) is 6.58 Å². The highest BCUT2D eigenvalue weighted by molar-refractivity contribution is 8.18. The summed E-state index contributed by atoms with van der Waals surface area (Å²) in [5.74, 6) is -0.403. The van der Waals surface area contributed by atoms with Crippen molar-refractivity contribution < 1.29 is 19.4 Å². The normalized spacial score (nSPS) is 16.3. The largest absolute Gasteiger partial charge is 0.494 e. The Morgan fingerprint density at radius 2 is 2.03 bits per heavy atom. The number of benzene rings is 2. The van der Waals surface area contributed by atoms with E-state index >= 15 is 0 Å². The van der Waals surface area contributed by atoms with Crippen LogP contribution in [0.15, 0.2) is 71.1 Å². The first-order chi connectivity index (χ1) is 14.5. The average molecular weight is 423 g/mol. The lowest BCUT2D eigenvalue weighted by molar-refractivity contribution is -0.121. The predicted molar refractivity (Wildman–Crippen MR) is 120 cm³/mol. The summed E-state index contributed by atoms with van der Waals surface area (Å²) in [6.45, 7) is 6.73. The molecule has 1 amide bonds. The van der Waals surface area contributed by atoms with Crippen LogP contribution in [0.3, 0.4) is 0 Å². The van der Waals surface area contributed by atoms with Crippen LogP contribution in [-0.4, -0.2) is 40.2 Å². The van der Waals surface area contributed by atoms with Crippen LogP contribution in [0, 0.1) is 0 Å². The number of ether oxygens (including phenoxy) is 1. The SMILES string of the molecule is C=CCN1C(=O)/C(=C/c2ccc(OCCC)cc2)SC1=Nc1cccc(C(=O)O)c1. The fraction of sp³-hybridized carbons (Fsp3) is 0.174. The zero-order valence-electron chi connectivity index (χ0n) is 16.6. The number of amides is 1. The molecule has 7 heteroatoms. The van der Waals surface area contributed by atoms with E-state index < -0.39 is 5.97 Å². The molecule has 0 aromatic heterocycles. The van der Waals surface area contributed by atoms with Gasteiger partial charge in [-0.05, 0) is 60.2 Å². The topological polar surface area (TPSA) is 79.2 Å². The molecule has 2 aromatic rings. The highest BCUT2D eigenvalue weighted by Crippen LogP contribution is 2.34. The fourth-order valence-electron chi connectivity index (χ4n) is 2.73. The molecule has 0 atom stereocenters. The Labute approximate surface area is 179 Å². The third-order valence-electron chi connectivity index (χ3n) is 4.17. The molecule has 0 spiro atoms. The molecule has 0 unspecified atom stereocenters. The van der Waals surface area contributed by atoms with Crippen molar-refractivity contribution in [3.8, 4) is 5.75 Å². The number of hydrogen-bond acceptors (Lipinski definition) is 5. The molecule has 0 radical (unpaired) electrons. The molecule has 1 saturated heterocycles. The van der Waals surface area contributed by atoms with Crippen molar-refractivity contribution >= 4 is 40.6 Å². The van der Waals surface area contributed by atoms with Crippen molar-refractivity contribution in [2.45, 2.75) is 13.3 Å². The molecule has 0 bridgehead atoms. The first-order valence-electron chi connectivity index (χ1n) is 9.49. The Morgan fingerprint density at radius 3 is 2.70 bits per heavy atom. The van der Waals surface area contributed by atoms with Gasteiger partial charge >= 0.3 is 5.97 Å².